The van der Waals surface area contributed by atoms with E-state index in [9.17, 15) is 4.79 Å². The molecule has 0 bridgehead atoms. The van der Waals surface area contributed by atoms with Crippen molar-refractivity contribution in [3.05, 3.63) is 35.2 Å². The predicted octanol–water partition coefficient (Wildman–Crippen LogP) is 2.19. The number of allylic oxidation sites excluding steroid dienone is 3. The fourth-order valence-electron chi connectivity index (χ4n) is 3.13. The lowest BCUT2D eigenvalue weighted by molar-refractivity contribution is -0.130. The summed E-state index contributed by atoms with van der Waals surface area (Å²) in [6.07, 6.45) is 9.73. The Morgan fingerprint density at radius 2 is 2.33 bits per heavy atom. The quantitative estimate of drug-likeness (QED) is 0.862. The molecule has 0 saturated carbocycles. The van der Waals surface area contributed by atoms with Crippen LogP contribution < -0.4 is 0 Å². The first-order valence-electron chi connectivity index (χ1n) is 8.34. The highest BCUT2D eigenvalue weighted by molar-refractivity contribution is 6.07. The molecular weight excluding hydrogens is 302 g/mol. The minimum atomic E-state index is 0.116. The molecule has 2 aliphatic rings. The van der Waals surface area contributed by atoms with Gasteiger partial charge < -0.3 is 4.90 Å². The number of hydrogen-bond acceptors (Lipinski definition) is 4. The molecule has 6 heteroatoms. The van der Waals surface area contributed by atoms with Gasteiger partial charge >= 0.3 is 0 Å². The summed E-state index contributed by atoms with van der Waals surface area (Å²) in [4.78, 5) is 22.9. The Hall–Kier alpha value is -2.50. The summed E-state index contributed by atoms with van der Waals surface area (Å²) in [6.45, 7) is 4.07. The highest BCUT2D eigenvalue weighted by Crippen LogP contribution is 2.28. The van der Waals surface area contributed by atoms with Crippen LogP contribution in [-0.2, 0) is 17.8 Å². The van der Waals surface area contributed by atoms with Gasteiger partial charge in [-0.2, -0.15) is 5.10 Å². The number of nitrogens with one attached hydrogen (secondary N) is 1. The van der Waals surface area contributed by atoms with Gasteiger partial charge in [0.25, 0.3) is 0 Å². The molecule has 0 aliphatic carbocycles. The number of carbonyl (C=O) groups excluding carboxylic acids is 1. The van der Waals surface area contributed by atoms with Gasteiger partial charge in [-0.1, -0.05) is 6.08 Å². The van der Waals surface area contributed by atoms with Crippen LogP contribution in [0.5, 0.6) is 0 Å². The second kappa shape index (κ2) is 7.38. The molecule has 0 radical (unpaired) electrons. The van der Waals surface area contributed by atoms with Gasteiger partial charge in [0.15, 0.2) is 0 Å². The maximum Gasteiger partial charge on any atom is 0.228 e. The second-order valence-corrected chi connectivity index (χ2v) is 5.98. The van der Waals surface area contributed by atoms with Gasteiger partial charge in [0.1, 0.15) is 0 Å². The Morgan fingerprint density at radius 3 is 3.04 bits per heavy atom. The monoisotopic (exact) mass is 325 g/mol. The maximum atomic E-state index is 12.6. The highest BCUT2D eigenvalue weighted by Gasteiger charge is 2.26. The first-order valence-corrected chi connectivity index (χ1v) is 8.34. The third-order valence-corrected chi connectivity index (χ3v) is 4.46. The summed E-state index contributed by atoms with van der Waals surface area (Å²) in [5.74, 6) is 0.116. The molecule has 2 aliphatic heterocycles. The number of carbonyl (C=O) groups is 1. The van der Waals surface area contributed by atoms with Crippen LogP contribution in [0.4, 0.5) is 0 Å². The molecule has 0 aromatic carbocycles. The fraction of sp³-hybridized carbons (Fsp3) is 0.444. The van der Waals surface area contributed by atoms with Gasteiger partial charge in [-0.15, -0.1) is 0 Å². The summed E-state index contributed by atoms with van der Waals surface area (Å²) in [5, 5.41) is 7.64. The molecule has 0 unspecified atom stereocenters. The van der Waals surface area contributed by atoms with Crippen molar-refractivity contribution < 1.29 is 4.79 Å². The van der Waals surface area contributed by atoms with E-state index >= 15 is 0 Å². The van der Waals surface area contributed by atoms with Gasteiger partial charge in [-0.05, 0) is 31.1 Å². The average Bonchev–Trinajstić information content (AvgIpc) is 3.05. The van der Waals surface area contributed by atoms with Crippen molar-refractivity contribution in [2.45, 2.75) is 32.7 Å². The number of rotatable bonds is 4. The first-order chi connectivity index (χ1) is 11.7. The summed E-state index contributed by atoms with van der Waals surface area (Å²) in [7, 11) is 1.72. The number of fused-ring (bicyclic) bond motifs is 1. The van der Waals surface area contributed by atoms with E-state index in [1.807, 2.05) is 36.3 Å². The van der Waals surface area contributed by atoms with Crippen LogP contribution >= 0.6 is 0 Å². The van der Waals surface area contributed by atoms with Gasteiger partial charge in [-0.3, -0.25) is 19.9 Å². The van der Waals surface area contributed by atoms with Crippen molar-refractivity contribution in [2.24, 2.45) is 9.98 Å². The van der Waals surface area contributed by atoms with Crippen molar-refractivity contribution in [3.8, 4) is 0 Å². The van der Waals surface area contributed by atoms with Crippen LogP contribution in [0.3, 0.4) is 0 Å². The molecule has 1 aromatic rings. The van der Waals surface area contributed by atoms with E-state index in [4.69, 9.17) is 0 Å². The van der Waals surface area contributed by atoms with Gasteiger partial charge in [0.2, 0.25) is 5.91 Å². The van der Waals surface area contributed by atoms with Gasteiger partial charge in [0, 0.05) is 56.3 Å². The minimum absolute atomic E-state index is 0.116. The molecule has 1 amide bonds. The van der Waals surface area contributed by atoms with Crippen LogP contribution in [0, 0.1) is 0 Å². The van der Waals surface area contributed by atoms with Crippen LogP contribution in [-0.4, -0.2) is 53.1 Å². The zero-order valence-electron chi connectivity index (χ0n) is 14.2. The largest absolute Gasteiger partial charge is 0.337 e. The van der Waals surface area contributed by atoms with E-state index in [1.54, 1.807) is 7.05 Å². The summed E-state index contributed by atoms with van der Waals surface area (Å²) in [6, 6.07) is 0. The third-order valence-electron chi connectivity index (χ3n) is 4.46. The Bertz CT molecular complexity index is 739. The van der Waals surface area contributed by atoms with Crippen LogP contribution in [0.25, 0.3) is 5.57 Å². The molecule has 0 atom stereocenters. The fourth-order valence-corrected chi connectivity index (χ4v) is 3.13. The molecule has 1 aromatic heterocycles. The number of hydrogen-bond donors (Lipinski definition) is 1. The topological polar surface area (TPSA) is 73.7 Å². The van der Waals surface area contributed by atoms with E-state index < -0.39 is 0 Å². The molecule has 0 saturated heterocycles. The Labute approximate surface area is 142 Å². The van der Waals surface area contributed by atoms with Crippen molar-refractivity contribution in [1.29, 1.82) is 0 Å². The normalized spacial score (nSPS) is 18.0. The number of dihydropyridines is 1. The van der Waals surface area contributed by atoms with Crippen molar-refractivity contribution in [2.75, 3.05) is 20.1 Å². The van der Waals surface area contributed by atoms with Crippen molar-refractivity contribution >= 4 is 23.4 Å². The Morgan fingerprint density at radius 1 is 1.46 bits per heavy atom. The van der Waals surface area contributed by atoms with Crippen LogP contribution in [0.2, 0.25) is 0 Å². The summed E-state index contributed by atoms with van der Waals surface area (Å²) < 4.78 is 0. The SMILES string of the molecule is CC=CC(CC(=O)N1CCc2[nH]nc(C3=CC=NCC3)c2C1)=NC. The lowest BCUT2D eigenvalue weighted by Gasteiger charge is -2.27. The van der Waals surface area contributed by atoms with Crippen LogP contribution in [0.15, 0.2) is 28.2 Å². The molecule has 3 rings (SSSR count). The number of aromatic amines is 1. The number of aromatic nitrogens is 2. The summed E-state index contributed by atoms with van der Waals surface area (Å²) in [5.41, 5.74) is 5.30. The molecule has 24 heavy (non-hydrogen) atoms. The third kappa shape index (κ3) is 3.37. The maximum absolute atomic E-state index is 12.6. The molecule has 3 heterocycles. The average molecular weight is 325 g/mol. The van der Waals surface area contributed by atoms with E-state index in [0.29, 0.717) is 13.0 Å². The molecular formula is C18H23N5O. The van der Waals surface area contributed by atoms with E-state index in [1.165, 1.54) is 5.57 Å². The second-order valence-electron chi connectivity index (χ2n) is 5.98. The number of H-pyrrole nitrogens is 1. The smallest absolute Gasteiger partial charge is 0.228 e. The van der Waals surface area contributed by atoms with Gasteiger partial charge in [0.05, 0.1) is 12.1 Å². The van der Waals surface area contributed by atoms with E-state index in [-0.39, 0.29) is 5.91 Å². The number of aliphatic imine (C=N–C) groups is 2. The van der Waals surface area contributed by atoms with Gasteiger partial charge in [-0.25, -0.2) is 0 Å². The zero-order chi connectivity index (χ0) is 16.9. The molecule has 1 N–H and O–H groups in total. The van der Waals surface area contributed by atoms with Crippen molar-refractivity contribution in [3.63, 3.8) is 0 Å². The highest BCUT2D eigenvalue weighted by atomic mass is 16.2. The minimum Gasteiger partial charge on any atom is -0.337 e. The number of amides is 1. The van der Waals surface area contributed by atoms with E-state index in [0.717, 1.165) is 48.6 Å². The molecule has 0 spiro atoms. The Balaban J connectivity index is 1.76. The van der Waals surface area contributed by atoms with Crippen molar-refractivity contribution in [1.82, 2.24) is 15.1 Å². The molecule has 6 nitrogen and oxygen atoms in total. The molecule has 126 valence electrons. The number of nitrogens with zero attached hydrogens (tertiary/aromatic N) is 4. The molecule has 0 fully saturated rings. The van der Waals surface area contributed by atoms with E-state index in [2.05, 4.69) is 20.2 Å². The first kappa shape index (κ1) is 16.4. The Kier molecular flexibility index (Phi) is 5.03. The predicted molar refractivity (Wildman–Crippen MR) is 96.5 cm³/mol. The van der Waals surface area contributed by atoms with Crippen LogP contribution in [0.1, 0.15) is 36.7 Å². The lowest BCUT2D eigenvalue weighted by Crippen LogP contribution is -2.37. The zero-order valence-corrected chi connectivity index (χ0v) is 14.2. The lowest BCUT2D eigenvalue weighted by atomic mass is 9.98. The standard InChI is InChI=1S/C18H23N5O/c1-3-4-14(19-2)11-17(24)23-10-7-16-15(12-23)18(22-21-16)13-5-8-20-9-6-13/h3-5,8H,6-7,9-12H2,1-2H3,(H,21,22). The summed E-state index contributed by atoms with van der Waals surface area (Å²) >= 11 is 0.